The molecule has 0 spiro atoms. The van der Waals surface area contributed by atoms with E-state index >= 15 is 0 Å². The van der Waals surface area contributed by atoms with E-state index in [2.05, 4.69) is 58.6 Å². The van der Waals surface area contributed by atoms with Crippen LogP contribution in [0.5, 0.6) is 5.75 Å². The van der Waals surface area contributed by atoms with Gasteiger partial charge in [-0.1, -0.05) is 62.0 Å². The Hall–Kier alpha value is -6.59. The number of fused-ring (bicyclic) bond motifs is 2. The van der Waals surface area contributed by atoms with Crippen molar-refractivity contribution in [1.82, 2.24) is 34.6 Å². The summed E-state index contributed by atoms with van der Waals surface area (Å²) in [5.41, 5.74) is 18.0. The minimum Gasteiger partial charge on any atom is -0.488 e. The number of nitrogen functional groups attached to an aromatic ring is 1. The molecule has 1 aliphatic carbocycles. The first kappa shape index (κ1) is 37.0. The van der Waals surface area contributed by atoms with Gasteiger partial charge < -0.3 is 25.3 Å². The summed E-state index contributed by atoms with van der Waals surface area (Å²) in [5, 5.41) is 7.77. The Bertz CT molecular complexity index is 2710. The first-order valence-electron chi connectivity index (χ1n) is 19.3. The van der Waals surface area contributed by atoms with E-state index in [1.165, 1.54) is 0 Å². The second kappa shape index (κ2) is 15.4. The molecule has 2 aliphatic rings. The van der Waals surface area contributed by atoms with Gasteiger partial charge in [-0.2, -0.15) is 5.10 Å². The summed E-state index contributed by atoms with van der Waals surface area (Å²) < 4.78 is 21.7. The van der Waals surface area contributed by atoms with Crippen molar-refractivity contribution in [3.63, 3.8) is 0 Å². The van der Waals surface area contributed by atoms with Crippen molar-refractivity contribution in [3.8, 4) is 40.1 Å². The molecular weight excluding hydrogens is 745 g/mol. The van der Waals surface area contributed by atoms with Crippen LogP contribution in [0.25, 0.3) is 34.1 Å². The Kier molecular flexibility index (Phi) is 9.82. The normalized spacial score (nSPS) is 15.3. The number of nitrogens with one attached hydrogen (secondary N) is 1. The van der Waals surface area contributed by atoms with E-state index in [1.54, 1.807) is 23.1 Å². The maximum absolute atomic E-state index is 13.9. The van der Waals surface area contributed by atoms with E-state index in [0.29, 0.717) is 70.9 Å². The lowest BCUT2D eigenvalue weighted by Crippen LogP contribution is -2.27. The maximum Gasteiger partial charge on any atom is 0.251 e. The lowest BCUT2D eigenvalue weighted by atomic mass is 10.1. The van der Waals surface area contributed by atoms with Crippen molar-refractivity contribution in [3.05, 3.63) is 143 Å². The van der Waals surface area contributed by atoms with Crippen LogP contribution in [-0.2, 0) is 22.5 Å². The minimum absolute atomic E-state index is 0.186. The van der Waals surface area contributed by atoms with Gasteiger partial charge in [0.1, 0.15) is 31.8 Å². The number of hydrogen-bond acceptors (Lipinski definition) is 9. The fourth-order valence-electron chi connectivity index (χ4n) is 7.35. The fourth-order valence-corrected chi connectivity index (χ4v) is 7.86. The molecule has 1 saturated heterocycles. The molecule has 0 radical (unpaired) electrons. The number of pyridine rings is 2. The van der Waals surface area contributed by atoms with E-state index in [0.717, 1.165) is 40.8 Å². The van der Waals surface area contributed by atoms with Crippen LogP contribution in [-0.4, -0.2) is 56.5 Å². The molecule has 1 amide bonds. The van der Waals surface area contributed by atoms with Crippen LogP contribution in [0.1, 0.15) is 56.9 Å². The number of benzene rings is 3. The molecule has 0 bridgehead atoms. The zero-order valence-corrected chi connectivity index (χ0v) is 33.5. The Labute approximate surface area is 337 Å². The van der Waals surface area contributed by atoms with Gasteiger partial charge in [0.15, 0.2) is 23.6 Å². The summed E-state index contributed by atoms with van der Waals surface area (Å²) in [4.78, 5) is 28.6. The van der Waals surface area contributed by atoms with Crippen LogP contribution in [0.2, 0.25) is 19.6 Å². The molecule has 9 rings (SSSR count). The molecule has 5 heterocycles. The summed E-state index contributed by atoms with van der Waals surface area (Å²) in [6, 6.07) is 29.0. The summed E-state index contributed by atoms with van der Waals surface area (Å²) in [7, 11) is -1.75. The van der Waals surface area contributed by atoms with Crippen LogP contribution in [0.15, 0.2) is 110 Å². The highest BCUT2D eigenvalue weighted by molar-refractivity contribution is 6.83. The van der Waals surface area contributed by atoms with Crippen LogP contribution < -0.4 is 15.8 Å². The number of carbonyl (C=O) groups is 1. The molecule has 1 fully saturated rings. The van der Waals surface area contributed by atoms with Crippen LogP contribution in [0.4, 0.5) is 5.82 Å². The van der Waals surface area contributed by atoms with Crippen LogP contribution in [0.3, 0.4) is 0 Å². The quantitative estimate of drug-likeness (QED) is 0.112. The standard InChI is InChI=1S/C45H42N8O4Si/c1-58(2,3)24-18-31-27-39(52-21-8-20-48-52)50-43-40(31)51-42(35-11-7-19-47-41(35)46)53(43)33-14-15-34-30(25-33)12-16-37(34)49-44(54)32-13-17-38(36(26-32)45-55-22-23-56-45)57-28-29-9-5-4-6-10-29/h4-11,13-15,17,19-21,25-27,37,45H,12,16,22-23,28H2,1-3H3,(H2,46,47)(H,49,54)/t37-/m0/s1. The van der Waals surface area contributed by atoms with Crippen LogP contribution >= 0.6 is 0 Å². The topological polar surface area (TPSA) is 144 Å². The van der Waals surface area contributed by atoms with Gasteiger partial charge in [-0.25, -0.2) is 19.6 Å². The predicted octanol–water partition coefficient (Wildman–Crippen LogP) is 7.52. The molecule has 13 heteroatoms. The first-order chi connectivity index (χ1) is 28.2. The molecule has 290 valence electrons. The third-order valence-electron chi connectivity index (χ3n) is 10.1. The second-order valence-corrected chi connectivity index (χ2v) is 20.2. The second-order valence-electron chi connectivity index (χ2n) is 15.4. The fraction of sp³-hybridized carbons (Fsp3) is 0.222. The van der Waals surface area contributed by atoms with E-state index in [-0.39, 0.29) is 11.9 Å². The van der Waals surface area contributed by atoms with Crippen LogP contribution in [0, 0.1) is 11.5 Å². The van der Waals surface area contributed by atoms with Gasteiger partial charge >= 0.3 is 0 Å². The number of nitrogens with zero attached hydrogens (tertiary/aromatic N) is 6. The molecule has 1 aliphatic heterocycles. The Balaban J connectivity index is 1.06. The third-order valence-corrected chi connectivity index (χ3v) is 11.0. The smallest absolute Gasteiger partial charge is 0.251 e. The largest absolute Gasteiger partial charge is 0.488 e. The van der Waals surface area contributed by atoms with Crippen molar-refractivity contribution in [2.75, 3.05) is 18.9 Å². The van der Waals surface area contributed by atoms with E-state index in [4.69, 9.17) is 29.9 Å². The monoisotopic (exact) mass is 786 g/mol. The molecular formula is C45H42N8O4Si. The molecule has 1 atom stereocenters. The van der Waals surface area contributed by atoms with Crippen molar-refractivity contribution in [2.45, 2.75) is 51.4 Å². The molecule has 0 unspecified atom stereocenters. The molecule has 4 aromatic heterocycles. The van der Waals surface area contributed by atoms with E-state index < -0.39 is 14.4 Å². The zero-order chi connectivity index (χ0) is 39.8. The van der Waals surface area contributed by atoms with Gasteiger partial charge in [0.2, 0.25) is 0 Å². The van der Waals surface area contributed by atoms with E-state index in [1.807, 2.05) is 83.6 Å². The highest BCUT2D eigenvalue weighted by Gasteiger charge is 2.29. The third kappa shape index (κ3) is 7.48. The van der Waals surface area contributed by atoms with Gasteiger partial charge in [0, 0.05) is 35.9 Å². The Morgan fingerprint density at radius 1 is 0.948 bits per heavy atom. The highest BCUT2D eigenvalue weighted by atomic mass is 28.3. The molecule has 12 nitrogen and oxygen atoms in total. The van der Waals surface area contributed by atoms with Crippen molar-refractivity contribution >= 4 is 31.0 Å². The average molecular weight is 787 g/mol. The number of anilines is 1. The number of aromatic nitrogens is 6. The predicted molar refractivity (Wildman–Crippen MR) is 224 cm³/mol. The van der Waals surface area contributed by atoms with Crippen molar-refractivity contribution in [1.29, 1.82) is 0 Å². The number of hydrogen-bond donors (Lipinski definition) is 2. The molecule has 7 aromatic rings. The zero-order valence-electron chi connectivity index (χ0n) is 32.5. The van der Waals surface area contributed by atoms with Gasteiger partial charge in [0.25, 0.3) is 5.91 Å². The highest BCUT2D eigenvalue weighted by Crippen LogP contribution is 2.38. The lowest BCUT2D eigenvalue weighted by molar-refractivity contribution is -0.0459. The number of imidazole rings is 1. The number of carbonyl (C=O) groups excluding carboxylic acids is 1. The SMILES string of the molecule is C[Si](C)(C)C#Cc1cc(-n2cccn2)nc2c1nc(-c1cccnc1N)n2-c1ccc2c(c1)CC[C@@H]2NC(=O)c1ccc(OCc2ccccc2)c(C2OCCO2)c1. The van der Waals surface area contributed by atoms with Crippen molar-refractivity contribution < 1.29 is 19.0 Å². The Morgan fingerprint density at radius 3 is 2.57 bits per heavy atom. The van der Waals surface area contributed by atoms with Gasteiger partial charge in [-0.05, 0) is 78.1 Å². The molecule has 3 aromatic carbocycles. The molecule has 58 heavy (non-hydrogen) atoms. The summed E-state index contributed by atoms with van der Waals surface area (Å²) in [6.45, 7) is 7.97. The van der Waals surface area contributed by atoms with Gasteiger partial charge in [-0.15, -0.1) is 5.54 Å². The summed E-state index contributed by atoms with van der Waals surface area (Å²) >= 11 is 0. The molecule has 0 saturated carbocycles. The number of ether oxygens (including phenoxy) is 3. The maximum atomic E-state index is 13.9. The number of aryl methyl sites for hydroxylation is 1. The minimum atomic E-state index is -1.75. The van der Waals surface area contributed by atoms with Crippen molar-refractivity contribution in [2.24, 2.45) is 0 Å². The number of nitrogens with two attached hydrogens (primary N) is 1. The van der Waals surface area contributed by atoms with E-state index in [9.17, 15) is 4.79 Å². The molecule has 3 N–H and O–H groups in total. The van der Waals surface area contributed by atoms with Gasteiger partial charge in [0.05, 0.1) is 35.9 Å². The lowest BCUT2D eigenvalue weighted by Gasteiger charge is -2.19. The summed E-state index contributed by atoms with van der Waals surface area (Å²) in [6.07, 6.45) is 6.16. The number of amides is 1. The first-order valence-corrected chi connectivity index (χ1v) is 22.8. The average Bonchev–Trinajstić information content (AvgIpc) is 4.07. The number of rotatable bonds is 9. The summed E-state index contributed by atoms with van der Waals surface area (Å²) in [5.74, 6) is 5.46. The van der Waals surface area contributed by atoms with Gasteiger partial charge in [-0.3, -0.25) is 9.36 Å². The Morgan fingerprint density at radius 2 is 1.79 bits per heavy atom.